The van der Waals surface area contributed by atoms with Gasteiger partial charge in [-0.15, -0.1) is 11.3 Å². The average molecular weight is 371 g/mol. The molecule has 128 valence electrons. The third kappa shape index (κ3) is 4.64. The van der Waals surface area contributed by atoms with Crippen LogP contribution in [0.2, 0.25) is 0 Å². The van der Waals surface area contributed by atoms with Crippen molar-refractivity contribution in [1.82, 2.24) is 15.0 Å². The lowest BCUT2D eigenvalue weighted by Crippen LogP contribution is -2.22. The van der Waals surface area contributed by atoms with E-state index >= 15 is 0 Å². The lowest BCUT2D eigenvalue weighted by Gasteiger charge is -2.10. The summed E-state index contributed by atoms with van der Waals surface area (Å²) in [7, 11) is 0. The molecule has 0 saturated carbocycles. The van der Waals surface area contributed by atoms with E-state index < -0.39 is 0 Å². The Kier molecular flexibility index (Phi) is 5.45. The molecule has 0 aliphatic heterocycles. The van der Waals surface area contributed by atoms with Crippen LogP contribution in [0.25, 0.3) is 11.3 Å². The Balaban J connectivity index is 1.64. The van der Waals surface area contributed by atoms with E-state index in [0.717, 1.165) is 22.6 Å². The van der Waals surface area contributed by atoms with Crippen LogP contribution in [0.15, 0.2) is 46.9 Å². The molecule has 0 radical (unpaired) electrons. The molecule has 1 aromatic carbocycles. The van der Waals surface area contributed by atoms with Gasteiger partial charge in [0.1, 0.15) is 0 Å². The summed E-state index contributed by atoms with van der Waals surface area (Å²) in [6.45, 7) is 5.68. The van der Waals surface area contributed by atoms with E-state index in [9.17, 15) is 4.79 Å². The SMILES string of the molecule is Cc1cc(C)nc(SC(C)C(=O)Nc2nc(-c3ccccc3)cs2)n1. The number of aromatic nitrogens is 3. The summed E-state index contributed by atoms with van der Waals surface area (Å²) in [5.74, 6) is -0.110. The van der Waals surface area contributed by atoms with Crippen LogP contribution in [-0.4, -0.2) is 26.1 Å². The Labute approximate surface area is 155 Å². The fraction of sp³-hybridized carbons (Fsp3) is 0.222. The molecule has 1 N–H and O–H groups in total. The van der Waals surface area contributed by atoms with Gasteiger partial charge >= 0.3 is 0 Å². The Hall–Kier alpha value is -2.25. The molecule has 3 rings (SSSR count). The van der Waals surface area contributed by atoms with Gasteiger partial charge in [0.2, 0.25) is 5.91 Å². The van der Waals surface area contributed by atoms with Gasteiger partial charge in [-0.2, -0.15) is 0 Å². The summed E-state index contributed by atoms with van der Waals surface area (Å²) in [6.07, 6.45) is 0. The van der Waals surface area contributed by atoms with Crippen molar-refractivity contribution in [2.24, 2.45) is 0 Å². The summed E-state index contributed by atoms with van der Waals surface area (Å²) >= 11 is 2.76. The molecule has 2 heterocycles. The van der Waals surface area contributed by atoms with E-state index in [4.69, 9.17) is 0 Å². The third-order valence-electron chi connectivity index (χ3n) is 3.42. The second-order valence-electron chi connectivity index (χ2n) is 5.59. The number of hydrogen-bond donors (Lipinski definition) is 1. The number of rotatable bonds is 5. The molecule has 5 nitrogen and oxygen atoms in total. The van der Waals surface area contributed by atoms with Gasteiger partial charge in [0.25, 0.3) is 0 Å². The van der Waals surface area contributed by atoms with E-state index in [1.807, 2.05) is 62.5 Å². The summed E-state index contributed by atoms with van der Waals surface area (Å²) in [6, 6.07) is 11.8. The van der Waals surface area contributed by atoms with Crippen LogP contribution in [0, 0.1) is 13.8 Å². The number of aryl methyl sites for hydroxylation is 2. The zero-order valence-electron chi connectivity index (χ0n) is 14.2. The molecular weight excluding hydrogens is 352 g/mol. The van der Waals surface area contributed by atoms with Crippen molar-refractivity contribution >= 4 is 34.1 Å². The Morgan fingerprint density at radius 1 is 1.12 bits per heavy atom. The molecular formula is C18H18N4OS2. The van der Waals surface area contributed by atoms with Crippen molar-refractivity contribution in [1.29, 1.82) is 0 Å². The lowest BCUT2D eigenvalue weighted by molar-refractivity contribution is -0.115. The summed E-state index contributed by atoms with van der Waals surface area (Å²) < 4.78 is 0. The fourth-order valence-electron chi connectivity index (χ4n) is 2.24. The summed E-state index contributed by atoms with van der Waals surface area (Å²) in [5, 5.41) is 5.71. The molecule has 0 spiro atoms. The van der Waals surface area contributed by atoms with Gasteiger partial charge in [-0.25, -0.2) is 15.0 Å². The molecule has 0 saturated heterocycles. The lowest BCUT2D eigenvalue weighted by atomic mass is 10.2. The molecule has 25 heavy (non-hydrogen) atoms. The van der Waals surface area contributed by atoms with E-state index in [2.05, 4.69) is 20.3 Å². The highest BCUT2D eigenvalue weighted by Gasteiger charge is 2.18. The number of benzene rings is 1. The van der Waals surface area contributed by atoms with Crippen LogP contribution in [0.4, 0.5) is 5.13 Å². The maximum atomic E-state index is 12.4. The second kappa shape index (κ2) is 7.76. The van der Waals surface area contributed by atoms with Crippen LogP contribution in [-0.2, 0) is 4.79 Å². The fourth-order valence-corrected chi connectivity index (χ4v) is 3.84. The van der Waals surface area contributed by atoms with Gasteiger partial charge in [-0.05, 0) is 26.8 Å². The maximum absolute atomic E-state index is 12.4. The van der Waals surface area contributed by atoms with E-state index in [1.165, 1.54) is 23.1 Å². The van der Waals surface area contributed by atoms with Crippen LogP contribution in [0.1, 0.15) is 18.3 Å². The van der Waals surface area contributed by atoms with Gasteiger partial charge in [-0.1, -0.05) is 42.1 Å². The number of thioether (sulfide) groups is 1. The zero-order valence-corrected chi connectivity index (χ0v) is 15.8. The Morgan fingerprint density at radius 3 is 2.48 bits per heavy atom. The van der Waals surface area contributed by atoms with Crippen LogP contribution in [0.5, 0.6) is 0 Å². The third-order valence-corrected chi connectivity index (χ3v) is 5.14. The van der Waals surface area contributed by atoms with Gasteiger partial charge in [0, 0.05) is 22.3 Å². The molecule has 0 fully saturated rings. The number of nitrogens with one attached hydrogen (secondary N) is 1. The van der Waals surface area contributed by atoms with Crippen molar-refractivity contribution < 1.29 is 4.79 Å². The number of nitrogens with zero attached hydrogens (tertiary/aromatic N) is 3. The Morgan fingerprint density at radius 2 is 1.80 bits per heavy atom. The minimum absolute atomic E-state index is 0.110. The second-order valence-corrected chi connectivity index (χ2v) is 7.75. The van der Waals surface area contributed by atoms with Crippen molar-refractivity contribution in [3.8, 4) is 11.3 Å². The molecule has 0 aliphatic carbocycles. The number of carbonyl (C=O) groups is 1. The highest BCUT2D eigenvalue weighted by atomic mass is 32.2. The van der Waals surface area contributed by atoms with Crippen molar-refractivity contribution in [3.05, 3.63) is 53.2 Å². The predicted molar refractivity (Wildman–Crippen MR) is 103 cm³/mol. The smallest absolute Gasteiger partial charge is 0.239 e. The first kappa shape index (κ1) is 17.6. The van der Waals surface area contributed by atoms with Gasteiger partial charge in [-0.3, -0.25) is 4.79 Å². The first-order valence-corrected chi connectivity index (χ1v) is 9.58. The number of carbonyl (C=O) groups excluding carboxylic acids is 1. The van der Waals surface area contributed by atoms with Gasteiger partial charge < -0.3 is 5.32 Å². The minimum Gasteiger partial charge on any atom is -0.301 e. The Bertz CT molecular complexity index is 860. The number of hydrogen-bond acceptors (Lipinski definition) is 6. The monoisotopic (exact) mass is 370 g/mol. The molecule has 1 atom stereocenters. The highest BCUT2D eigenvalue weighted by molar-refractivity contribution is 8.00. The first-order chi connectivity index (χ1) is 12.0. The van der Waals surface area contributed by atoms with Crippen molar-refractivity contribution in [2.45, 2.75) is 31.2 Å². The van der Waals surface area contributed by atoms with E-state index in [-0.39, 0.29) is 11.2 Å². The molecule has 0 bridgehead atoms. The highest BCUT2D eigenvalue weighted by Crippen LogP contribution is 2.26. The largest absolute Gasteiger partial charge is 0.301 e. The van der Waals surface area contributed by atoms with E-state index in [0.29, 0.717) is 10.3 Å². The number of amides is 1. The first-order valence-electron chi connectivity index (χ1n) is 7.82. The molecule has 3 aromatic rings. The van der Waals surface area contributed by atoms with Crippen LogP contribution < -0.4 is 5.32 Å². The zero-order chi connectivity index (χ0) is 17.8. The van der Waals surface area contributed by atoms with E-state index in [1.54, 1.807) is 0 Å². The molecule has 1 amide bonds. The number of thiazole rings is 1. The van der Waals surface area contributed by atoms with Gasteiger partial charge in [0.15, 0.2) is 10.3 Å². The molecule has 0 aliphatic rings. The quantitative estimate of drug-likeness (QED) is 0.535. The standard InChI is InChI=1S/C18H18N4OS2/c1-11-9-12(2)20-18(19-11)25-13(3)16(23)22-17-21-15(10-24-17)14-7-5-4-6-8-14/h4-10,13H,1-3H3,(H,21,22,23). The maximum Gasteiger partial charge on any atom is 0.239 e. The van der Waals surface area contributed by atoms with Crippen LogP contribution >= 0.6 is 23.1 Å². The van der Waals surface area contributed by atoms with Gasteiger partial charge in [0.05, 0.1) is 10.9 Å². The molecule has 7 heteroatoms. The number of anilines is 1. The van der Waals surface area contributed by atoms with Crippen molar-refractivity contribution in [2.75, 3.05) is 5.32 Å². The minimum atomic E-state index is -0.315. The summed E-state index contributed by atoms with van der Waals surface area (Å²) in [4.78, 5) is 25.6. The van der Waals surface area contributed by atoms with Crippen LogP contribution in [0.3, 0.4) is 0 Å². The average Bonchev–Trinajstić information content (AvgIpc) is 3.03. The molecule has 1 unspecified atom stereocenters. The molecule has 2 aromatic heterocycles. The summed E-state index contributed by atoms with van der Waals surface area (Å²) in [5.41, 5.74) is 3.69. The topological polar surface area (TPSA) is 67.8 Å². The predicted octanol–water partition coefficient (Wildman–Crippen LogP) is 4.34. The normalized spacial score (nSPS) is 12.0. The van der Waals surface area contributed by atoms with Crippen molar-refractivity contribution in [3.63, 3.8) is 0 Å².